The molecule has 2 aromatic rings. The van der Waals surface area contributed by atoms with Crippen LogP contribution in [0.15, 0.2) is 41.4 Å². The molecule has 0 heterocycles. The molecule has 2 rings (SSSR count). The first-order valence-electron chi connectivity index (χ1n) is 6.77. The monoisotopic (exact) mass is 300 g/mol. The van der Waals surface area contributed by atoms with Gasteiger partial charge in [0.25, 0.3) is 0 Å². The number of ether oxygens (including phenoxy) is 1. The molecule has 0 saturated carbocycles. The number of phenolic OH excluding ortho intramolecular Hbond substituents is 1. The molecule has 2 aromatic carbocycles. The zero-order valence-corrected chi connectivity index (χ0v) is 12.3. The van der Waals surface area contributed by atoms with Crippen molar-refractivity contribution in [3.63, 3.8) is 0 Å². The van der Waals surface area contributed by atoms with E-state index >= 15 is 0 Å². The zero-order chi connectivity index (χ0) is 16.1. The molecule has 6 heteroatoms. The minimum atomic E-state index is -0.679. The van der Waals surface area contributed by atoms with Gasteiger partial charge in [-0.15, -0.1) is 0 Å². The van der Waals surface area contributed by atoms with Gasteiger partial charge in [-0.05, 0) is 26.0 Å². The number of carbonyl (C=O) groups excluding carboxylic acids is 2. The Bertz CT molecular complexity index is 753. The van der Waals surface area contributed by atoms with E-state index in [-0.39, 0.29) is 18.1 Å². The molecule has 2 N–H and O–H groups in total. The number of hydrogen-bond donors (Lipinski definition) is 2. The number of nitrogens with one attached hydrogen (secondary N) is 1. The van der Waals surface area contributed by atoms with Crippen molar-refractivity contribution in [3.8, 4) is 5.75 Å². The Kier molecular flexibility index (Phi) is 4.73. The van der Waals surface area contributed by atoms with Gasteiger partial charge in [-0.3, -0.25) is 0 Å². The molecule has 0 aromatic heterocycles. The lowest BCUT2D eigenvalue weighted by atomic mass is 10.1. The summed E-state index contributed by atoms with van der Waals surface area (Å²) >= 11 is 0. The SMILES string of the molecule is CCOC(=O)C(C)=NC(=O)Nc1cccc2c(O)cccc12. The summed E-state index contributed by atoms with van der Waals surface area (Å²) in [5.74, 6) is -0.506. The molecule has 0 atom stereocenters. The molecule has 0 spiro atoms. The maximum absolute atomic E-state index is 11.9. The first-order valence-corrected chi connectivity index (χ1v) is 6.77. The molecule has 0 aliphatic heterocycles. The Morgan fingerprint density at radius 1 is 1.18 bits per heavy atom. The molecular formula is C16H16N2O4. The van der Waals surface area contributed by atoms with Crippen LogP contribution in [0.3, 0.4) is 0 Å². The highest BCUT2D eigenvalue weighted by Gasteiger charge is 2.11. The summed E-state index contributed by atoms with van der Waals surface area (Å²) < 4.78 is 4.76. The van der Waals surface area contributed by atoms with Crippen LogP contribution in [0.4, 0.5) is 10.5 Å². The minimum Gasteiger partial charge on any atom is -0.507 e. The van der Waals surface area contributed by atoms with Crippen molar-refractivity contribution >= 4 is 34.2 Å². The summed E-state index contributed by atoms with van der Waals surface area (Å²) in [6.07, 6.45) is 0. The van der Waals surface area contributed by atoms with Crippen LogP contribution in [-0.2, 0) is 9.53 Å². The number of phenols is 1. The van der Waals surface area contributed by atoms with Gasteiger partial charge in [0.05, 0.1) is 12.3 Å². The number of esters is 1. The van der Waals surface area contributed by atoms with Crippen molar-refractivity contribution in [2.45, 2.75) is 13.8 Å². The summed E-state index contributed by atoms with van der Waals surface area (Å²) in [5, 5.41) is 13.7. The van der Waals surface area contributed by atoms with Crippen LogP contribution < -0.4 is 5.32 Å². The fourth-order valence-electron chi connectivity index (χ4n) is 1.98. The number of nitrogens with zero attached hydrogens (tertiary/aromatic N) is 1. The highest BCUT2D eigenvalue weighted by Crippen LogP contribution is 2.29. The third-order valence-corrected chi connectivity index (χ3v) is 2.98. The van der Waals surface area contributed by atoms with Crippen molar-refractivity contribution < 1.29 is 19.4 Å². The average Bonchev–Trinajstić information content (AvgIpc) is 2.48. The molecule has 0 bridgehead atoms. The van der Waals surface area contributed by atoms with Crippen molar-refractivity contribution in [2.75, 3.05) is 11.9 Å². The van der Waals surface area contributed by atoms with E-state index in [2.05, 4.69) is 10.3 Å². The molecular weight excluding hydrogens is 284 g/mol. The smallest absolute Gasteiger partial charge is 0.352 e. The van der Waals surface area contributed by atoms with Gasteiger partial charge in [-0.25, -0.2) is 9.59 Å². The topological polar surface area (TPSA) is 88.0 Å². The molecule has 0 unspecified atom stereocenters. The highest BCUT2D eigenvalue weighted by molar-refractivity contribution is 6.37. The van der Waals surface area contributed by atoms with Gasteiger partial charge < -0.3 is 15.2 Å². The predicted octanol–water partition coefficient (Wildman–Crippen LogP) is 3.10. The summed E-state index contributed by atoms with van der Waals surface area (Å²) in [7, 11) is 0. The van der Waals surface area contributed by atoms with E-state index in [9.17, 15) is 14.7 Å². The van der Waals surface area contributed by atoms with Crippen molar-refractivity contribution in [1.82, 2.24) is 0 Å². The zero-order valence-electron chi connectivity index (χ0n) is 12.3. The second-order valence-electron chi connectivity index (χ2n) is 4.53. The van der Waals surface area contributed by atoms with E-state index in [1.165, 1.54) is 6.92 Å². The lowest BCUT2D eigenvalue weighted by Crippen LogP contribution is -2.18. The number of urea groups is 1. The molecule has 0 radical (unpaired) electrons. The molecule has 6 nitrogen and oxygen atoms in total. The quantitative estimate of drug-likeness (QED) is 0.673. The van der Waals surface area contributed by atoms with Gasteiger partial charge in [0.2, 0.25) is 0 Å². The number of fused-ring (bicyclic) bond motifs is 1. The van der Waals surface area contributed by atoms with Crippen molar-refractivity contribution in [3.05, 3.63) is 36.4 Å². The summed E-state index contributed by atoms with van der Waals surface area (Å²) in [6, 6.07) is 9.48. The Hall–Kier alpha value is -2.89. The maximum atomic E-state index is 11.9. The number of carbonyl (C=O) groups is 2. The molecule has 0 saturated heterocycles. The van der Waals surface area contributed by atoms with Crippen LogP contribution in [0.25, 0.3) is 10.8 Å². The van der Waals surface area contributed by atoms with E-state index in [0.717, 1.165) is 0 Å². The van der Waals surface area contributed by atoms with Gasteiger partial charge in [-0.2, -0.15) is 4.99 Å². The molecule has 2 amide bonds. The van der Waals surface area contributed by atoms with Gasteiger partial charge >= 0.3 is 12.0 Å². The number of rotatable bonds is 3. The maximum Gasteiger partial charge on any atom is 0.352 e. The number of benzene rings is 2. The van der Waals surface area contributed by atoms with Crippen LogP contribution in [0.2, 0.25) is 0 Å². The van der Waals surface area contributed by atoms with Crippen molar-refractivity contribution in [1.29, 1.82) is 0 Å². The van der Waals surface area contributed by atoms with Gasteiger partial charge in [0, 0.05) is 10.8 Å². The second kappa shape index (κ2) is 6.71. The summed E-state index contributed by atoms with van der Waals surface area (Å²) in [5.41, 5.74) is 0.473. The molecule has 22 heavy (non-hydrogen) atoms. The van der Waals surface area contributed by atoms with E-state index in [1.54, 1.807) is 43.3 Å². The third-order valence-electron chi connectivity index (χ3n) is 2.98. The van der Waals surface area contributed by atoms with E-state index in [4.69, 9.17) is 4.74 Å². The number of anilines is 1. The molecule has 0 aliphatic carbocycles. The van der Waals surface area contributed by atoms with Crippen LogP contribution in [0.1, 0.15) is 13.8 Å². The third kappa shape index (κ3) is 3.41. The average molecular weight is 300 g/mol. The van der Waals surface area contributed by atoms with Crippen LogP contribution in [0.5, 0.6) is 5.75 Å². The Labute approximate surface area is 127 Å². The lowest BCUT2D eigenvalue weighted by Gasteiger charge is -2.08. The summed E-state index contributed by atoms with van der Waals surface area (Å²) in [6.45, 7) is 3.30. The van der Waals surface area contributed by atoms with Crippen LogP contribution >= 0.6 is 0 Å². The highest BCUT2D eigenvalue weighted by atomic mass is 16.5. The molecule has 114 valence electrons. The van der Waals surface area contributed by atoms with Crippen LogP contribution in [-0.4, -0.2) is 29.4 Å². The van der Waals surface area contributed by atoms with E-state index < -0.39 is 12.0 Å². The molecule has 0 aliphatic rings. The van der Waals surface area contributed by atoms with Crippen LogP contribution in [0, 0.1) is 0 Å². The van der Waals surface area contributed by atoms with Crippen molar-refractivity contribution in [2.24, 2.45) is 4.99 Å². The van der Waals surface area contributed by atoms with Gasteiger partial charge in [-0.1, -0.05) is 24.3 Å². The Balaban J connectivity index is 2.24. The standard InChI is InChI=1S/C16H16N2O4/c1-3-22-15(20)10(2)17-16(21)18-13-8-4-7-12-11(13)6-5-9-14(12)19/h4-9,19H,3H2,1-2H3,(H,18,21). The number of aliphatic imine (C=N–C) groups is 1. The number of amides is 2. The molecule has 0 fully saturated rings. The summed E-state index contributed by atoms with van der Waals surface area (Å²) in [4.78, 5) is 27.0. The van der Waals surface area contributed by atoms with E-state index in [1.807, 2.05) is 0 Å². The Morgan fingerprint density at radius 3 is 2.59 bits per heavy atom. The first-order chi connectivity index (χ1) is 10.5. The number of hydrogen-bond acceptors (Lipinski definition) is 4. The number of aromatic hydroxyl groups is 1. The Morgan fingerprint density at radius 2 is 1.86 bits per heavy atom. The largest absolute Gasteiger partial charge is 0.507 e. The second-order valence-corrected chi connectivity index (χ2v) is 4.53. The minimum absolute atomic E-state index is 0.0255. The van der Waals surface area contributed by atoms with E-state index in [0.29, 0.717) is 16.5 Å². The normalized spacial score (nSPS) is 11.3. The predicted molar refractivity (Wildman–Crippen MR) is 84.4 cm³/mol. The van der Waals surface area contributed by atoms with Gasteiger partial charge in [0.1, 0.15) is 11.5 Å². The lowest BCUT2D eigenvalue weighted by molar-refractivity contribution is -0.135. The fourth-order valence-corrected chi connectivity index (χ4v) is 1.98. The van der Waals surface area contributed by atoms with Gasteiger partial charge in [0.15, 0.2) is 0 Å². The fraction of sp³-hybridized carbons (Fsp3) is 0.188. The first kappa shape index (κ1) is 15.5.